The van der Waals surface area contributed by atoms with Gasteiger partial charge in [-0.3, -0.25) is 4.79 Å². The molecule has 0 bridgehead atoms. The molecule has 0 aromatic heterocycles. The fraction of sp³-hybridized carbons (Fsp3) is 0.278. The second-order valence-electron chi connectivity index (χ2n) is 5.34. The Morgan fingerprint density at radius 2 is 1.72 bits per heavy atom. The molecule has 0 radical (unpaired) electrons. The number of nitrogens with one attached hydrogen (secondary N) is 1. The molecule has 0 saturated carbocycles. The van der Waals surface area contributed by atoms with Gasteiger partial charge in [0, 0.05) is 19.0 Å². The number of amides is 1. The highest BCUT2D eigenvalue weighted by Crippen LogP contribution is 2.15. The molecule has 3 N–H and O–H groups in total. The maximum Gasteiger partial charge on any atom is 0.387 e. The number of hydrogen-bond acceptors (Lipinski definition) is 3. The molecule has 2 aromatic carbocycles. The zero-order valence-electron chi connectivity index (χ0n) is 13.5. The van der Waals surface area contributed by atoms with Gasteiger partial charge in [-0.05, 0) is 29.7 Å². The van der Waals surface area contributed by atoms with Crippen LogP contribution in [0.2, 0.25) is 0 Å². The van der Waals surface area contributed by atoms with E-state index in [2.05, 4.69) is 10.1 Å². The van der Waals surface area contributed by atoms with Gasteiger partial charge in [0.2, 0.25) is 5.91 Å². The molecule has 2 rings (SSSR count). The Hall–Kier alpha value is -2.18. The number of benzene rings is 2. The minimum absolute atomic E-state index is 0. The van der Waals surface area contributed by atoms with Crippen LogP contribution in [0.25, 0.3) is 0 Å². The second-order valence-corrected chi connectivity index (χ2v) is 5.34. The fourth-order valence-electron chi connectivity index (χ4n) is 2.23. The van der Waals surface area contributed by atoms with Crippen molar-refractivity contribution in [2.75, 3.05) is 6.54 Å². The molecule has 0 fully saturated rings. The van der Waals surface area contributed by atoms with E-state index >= 15 is 0 Å². The van der Waals surface area contributed by atoms with Gasteiger partial charge >= 0.3 is 6.61 Å². The van der Waals surface area contributed by atoms with Crippen LogP contribution < -0.4 is 15.8 Å². The number of halogens is 3. The Kier molecular flexibility index (Phi) is 8.88. The van der Waals surface area contributed by atoms with E-state index in [1.165, 1.54) is 12.1 Å². The standard InChI is InChI=1S/C18H20F2N2O2.ClH/c19-18(20)24-15-9-6-13(7-10-15)8-11-17(23)22-12-16(21)14-4-2-1-3-5-14;/h1-7,9-10,16,18H,8,11-12,21H2,(H,22,23);1H. The summed E-state index contributed by atoms with van der Waals surface area (Å²) in [5.41, 5.74) is 7.86. The predicted octanol–water partition coefficient (Wildman–Crippen LogP) is 3.46. The number of hydrogen-bond donors (Lipinski definition) is 2. The zero-order valence-corrected chi connectivity index (χ0v) is 14.3. The van der Waals surface area contributed by atoms with Crippen molar-refractivity contribution in [3.63, 3.8) is 0 Å². The third-order valence-electron chi connectivity index (χ3n) is 3.54. The van der Waals surface area contributed by atoms with E-state index in [1.807, 2.05) is 30.3 Å². The van der Waals surface area contributed by atoms with Gasteiger partial charge in [-0.1, -0.05) is 42.5 Å². The lowest BCUT2D eigenvalue weighted by Gasteiger charge is -2.13. The van der Waals surface area contributed by atoms with E-state index in [0.29, 0.717) is 19.4 Å². The summed E-state index contributed by atoms with van der Waals surface area (Å²) in [4.78, 5) is 11.9. The van der Waals surface area contributed by atoms with Crippen LogP contribution >= 0.6 is 12.4 Å². The molecule has 25 heavy (non-hydrogen) atoms. The lowest BCUT2D eigenvalue weighted by atomic mass is 10.1. The first-order valence-corrected chi connectivity index (χ1v) is 7.65. The van der Waals surface area contributed by atoms with Gasteiger partial charge in [-0.25, -0.2) is 0 Å². The smallest absolute Gasteiger partial charge is 0.387 e. The van der Waals surface area contributed by atoms with Crippen LogP contribution in [0.4, 0.5) is 8.78 Å². The third-order valence-corrected chi connectivity index (χ3v) is 3.54. The van der Waals surface area contributed by atoms with Gasteiger partial charge in [0.1, 0.15) is 5.75 Å². The van der Waals surface area contributed by atoms with Gasteiger partial charge in [-0.2, -0.15) is 8.78 Å². The summed E-state index contributed by atoms with van der Waals surface area (Å²) < 4.78 is 28.4. The summed E-state index contributed by atoms with van der Waals surface area (Å²) in [5, 5.41) is 2.80. The molecule has 1 atom stereocenters. The van der Waals surface area contributed by atoms with Crippen molar-refractivity contribution in [1.82, 2.24) is 5.32 Å². The molecule has 0 spiro atoms. The lowest BCUT2D eigenvalue weighted by molar-refractivity contribution is -0.121. The molecule has 0 saturated heterocycles. The molecule has 0 aliphatic carbocycles. The molecule has 7 heteroatoms. The molecule has 0 aliphatic rings. The number of alkyl halides is 2. The molecule has 136 valence electrons. The summed E-state index contributed by atoms with van der Waals surface area (Å²) in [7, 11) is 0. The fourth-order valence-corrected chi connectivity index (χ4v) is 2.23. The lowest BCUT2D eigenvalue weighted by Crippen LogP contribution is -2.32. The molecule has 2 aromatic rings. The highest BCUT2D eigenvalue weighted by molar-refractivity contribution is 5.85. The van der Waals surface area contributed by atoms with Crippen LogP contribution in [0.3, 0.4) is 0 Å². The quantitative estimate of drug-likeness (QED) is 0.748. The monoisotopic (exact) mass is 370 g/mol. The average molecular weight is 371 g/mol. The Labute approximate surface area is 151 Å². The first kappa shape index (κ1) is 20.9. The molecule has 1 unspecified atom stereocenters. The number of carbonyl (C=O) groups excluding carboxylic acids is 1. The Balaban J connectivity index is 0.00000312. The van der Waals surface area contributed by atoms with E-state index in [9.17, 15) is 13.6 Å². The van der Waals surface area contributed by atoms with Crippen LogP contribution in [-0.2, 0) is 11.2 Å². The van der Waals surface area contributed by atoms with Crippen molar-refractivity contribution >= 4 is 18.3 Å². The Morgan fingerprint density at radius 1 is 1.08 bits per heavy atom. The number of carbonyl (C=O) groups is 1. The van der Waals surface area contributed by atoms with Crippen LogP contribution in [0.15, 0.2) is 54.6 Å². The van der Waals surface area contributed by atoms with Gasteiger partial charge in [0.15, 0.2) is 0 Å². The molecule has 1 amide bonds. The predicted molar refractivity (Wildman–Crippen MR) is 95.0 cm³/mol. The second kappa shape index (κ2) is 10.6. The molecular weight excluding hydrogens is 350 g/mol. The summed E-state index contributed by atoms with van der Waals surface area (Å²) in [6.45, 7) is -2.47. The van der Waals surface area contributed by atoms with Gasteiger partial charge < -0.3 is 15.8 Å². The number of aryl methyl sites for hydroxylation is 1. The Bertz CT molecular complexity index is 639. The summed E-state index contributed by atoms with van der Waals surface area (Å²) in [5.74, 6) is 0.00123. The highest BCUT2D eigenvalue weighted by Gasteiger charge is 2.08. The molecule has 0 aliphatic heterocycles. The van der Waals surface area contributed by atoms with E-state index in [0.717, 1.165) is 11.1 Å². The number of ether oxygens (including phenoxy) is 1. The van der Waals surface area contributed by atoms with Gasteiger partial charge in [0.05, 0.1) is 0 Å². The van der Waals surface area contributed by atoms with Gasteiger partial charge in [0.25, 0.3) is 0 Å². The van der Waals surface area contributed by atoms with Crippen LogP contribution in [-0.4, -0.2) is 19.1 Å². The number of nitrogens with two attached hydrogens (primary N) is 1. The van der Waals surface area contributed by atoms with Gasteiger partial charge in [-0.15, -0.1) is 12.4 Å². The van der Waals surface area contributed by atoms with Crippen molar-refractivity contribution in [1.29, 1.82) is 0 Å². The zero-order chi connectivity index (χ0) is 17.4. The average Bonchev–Trinajstić information content (AvgIpc) is 2.59. The van der Waals surface area contributed by atoms with Crippen molar-refractivity contribution in [2.24, 2.45) is 5.73 Å². The minimum Gasteiger partial charge on any atom is -0.435 e. The SMILES string of the molecule is Cl.NC(CNC(=O)CCc1ccc(OC(F)F)cc1)c1ccccc1. The normalized spacial score (nSPS) is 11.5. The first-order valence-electron chi connectivity index (χ1n) is 7.65. The van der Waals surface area contributed by atoms with Crippen molar-refractivity contribution in [2.45, 2.75) is 25.5 Å². The first-order chi connectivity index (χ1) is 11.5. The van der Waals surface area contributed by atoms with E-state index in [-0.39, 0.29) is 30.1 Å². The van der Waals surface area contributed by atoms with Crippen molar-refractivity contribution in [3.05, 3.63) is 65.7 Å². The van der Waals surface area contributed by atoms with Crippen LogP contribution in [0, 0.1) is 0 Å². The topological polar surface area (TPSA) is 64.3 Å². The van der Waals surface area contributed by atoms with Crippen molar-refractivity contribution in [3.8, 4) is 5.75 Å². The highest BCUT2D eigenvalue weighted by atomic mass is 35.5. The Morgan fingerprint density at radius 3 is 2.32 bits per heavy atom. The minimum atomic E-state index is -2.84. The van der Waals surface area contributed by atoms with E-state index in [1.54, 1.807) is 12.1 Å². The summed E-state index contributed by atoms with van der Waals surface area (Å²) in [6.07, 6.45) is 0.817. The maximum atomic E-state index is 12.1. The largest absolute Gasteiger partial charge is 0.435 e. The molecule has 4 nitrogen and oxygen atoms in total. The summed E-state index contributed by atoms with van der Waals surface area (Å²) >= 11 is 0. The summed E-state index contributed by atoms with van der Waals surface area (Å²) in [6, 6.07) is 15.6. The van der Waals surface area contributed by atoms with Crippen molar-refractivity contribution < 1.29 is 18.3 Å². The third kappa shape index (κ3) is 7.49. The van der Waals surface area contributed by atoms with Crippen LogP contribution in [0.1, 0.15) is 23.6 Å². The van der Waals surface area contributed by atoms with Crippen LogP contribution in [0.5, 0.6) is 5.75 Å². The maximum absolute atomic E-state index is 12.1. The van der Waals surface area contributed by atoms with E-state index in [4.69, 9.17) is 5.73 Å². The number of rotatable bonds is 8. The molecular formula is C18H21ClF2N2O2. The van der Waals surface area contributed by atoms with E-state index < -0.39 is 6.61 Å². The molecule has 0 heterocycles.